The van der Waals surface area contributed by atoms with Crippen molar-refractivity contribution in [2.24, 2.45) is 0 Å². The van der Waals surface area contributed by atoms with Gasteiger partial charge in [-0.2, -0.15) is 0 Å². The number of aromatic nitrogens is 2. The molecule has 0 bridgehead atoms. The monoisotopic (exact) mass is 251 g/mol. The van der Waals surface area contributed by atoms with Crippen LogP contribution in [0, 0.1) is 13.8 Å². The summed E-state index contributed by atoms with van der Waals surface area (Å²) < 4.78 is 5.39. The summed E-state index contributed by atoms with van der Waals surface area (Å²) in [6, 6.07) is 6.56. The molecule has 0 atom stereocenters. The first kappa shape index (κ1) is 11.9. The van der Waals surface area contributed by atoms with Crippen LogP contribution in [0.15, 0.2) is 22.6 Å². The number of hydrogen-bond acceptors (Lipinski definition) is 4. The highest BCUT2D eigenvalue weighted by atomic mass is 35.5. The van der Waals surface area contributed by atoms with Gasteiger partial charge in [0.2, 0.25) is 5.89 Å². The van der Waals surface area contributed by atoms with Gasteiger partial charge in [0, 0.05) is 18.0 Å². The van der Waals surface area contributed by atoms with Crippen molar-refractivity contribution in [3.05, 3.63) is 35.2 Å². The second kappa shape index (κ2) is 5.19. The van der Waals surface area contributed by atoms with Crippen LogP contribution in [0.5, 0.6) is 0 Å². The molecule has 1 heterocycles. The molecule has 1 N–H and O–H groups in total. The number of nitrogens with one attached hydrogen (secondary N) is 1. The van der Waals surface area contributed by atoms with E-state index in [-0.39, 0.29) is 0 Å². The molecule has 0 aliphatic heterocycles. The third-order valence-electron chi connectivity index (χ3n) is 2.25. The Morgan fingerprint density at radius 3 is 2.53 bits per heavy atom. The summed E-state index contributed by atoms with van der Waals surface area (Å²) in [5, 5.41) is 10.9. The minimum Gasteiger partial charge on any atom is -0.408 e. The predicted octanol–water partition coefficient (Wildman–Crippen LogP) is 3.21. The SMILES string of the molecule is Cc1cc(C)cc(Nc2nnc(CCCl)o2)c1. The van der Waals surface area contributed by atoms with Gasteiger partial charge in [-0.1, -0.05) is 11.2 Å². The lowest BCUT2D eigenvalue weighted by Crippen LogP contribution is -1.91. The predicted molar refractivity (Wildman–Crippen MR) is 67.9 cm³/mol. The van der Waals surface area contributed by atoms with E-state index < -0.39 is 0 Å². The standard InChI is InChI=1S/C12H14ClN3O/c1-8-5-9(2)7-10(6-8)14-12-16-15-11(17-12)3-4-13/h5-7H,3-4H2,1-2H3,(H,14,16). The lowest BCUT2D eigenvalue weighted by molar-refractivity contribution is 0.516. The number of rotatable bonds is 4. The summed E-state index contributed by atoms with van der Waals surface area (Å²) in [5.74, 6) is 1.03. The zero-order valence-corrected chi connectivity index (χ0v) is 10.6. The van der Waals surface area contributed by atoms with Gasteiger partial charge in [0.05, 0.1) is 0 Å². The van der Waals surface area contributed by atoms with Crippen molar-refractivity contribution in [1.29, 1.82) is 0 Å². The highest BCUT2D eigenvalue weighted by Gasteiger charge is 2.05. The van der Waals surface area contributed by atoms with Gasteiger partial charge in [0.15, 0.2) is 0 Å². The van der Waals surface area contributed by atoms with Crippen LogP contribution in [-0.2, 0) is 6.42 Å². The molecule has 5 heteroatoms. The van der Waals surface area contributed by atoms with Crippen molar-refractivity contribution in [3.63, 3.8) is 0 Å². The van der Waals surface area contributed by atoms with Crippen molar-refractivity contribution in [3.8, 4) is 0 Å². The van der Waals surface area contributed by atoms with Crippen LogP contribution in [0.25, 0.3) is 0 Å². The largest absolute Gasteiger partial charge is 0.408 e. The summed E-state index contributed by atoms with van der Waals surface area (Å²) in [5.41, 5.74) is 3.32. The Morgan fingerprint density at radius 2 is 1.88 bits per heavy atom. The molecule has 0 aliphatic rings. The topological polar surface area (TPSA) is 51.0 Å². The molecule has 0 amide bonds. The fourth-order valence-corrected chi connectivity index (χ4v) is 1.82. The lowest BCUT2D eigenvalue weighted by atomic mass is 10.1. The van der Waals surface area contributed by atoms with E-state index in [0.29, 0.717) is 24.2 Å². The van der Waals surface area contributed by atoms with Gasteiger partial charge in [-0.3, -0.25) is 0 Å². The Balaban J connectivity index is 2.13. The molecule has 1 aromatic carbocycles. The number of aryl methyl sites for hydroxylation is 3. The van der Waals surface area contributed by atoms with Gasteiger partial charge in [-0.15, -0.1) is 16.7 Å². The molecule has 90 valence electrons. The Morgan fingerprint density at radius 1 is 1.18 bits per heavy atom. The molecule has 0 saturated heterocycles. The molecule has 0 aliphatic carbocycles. The zero-order chi connectivity index (χ0) is 12.3. The maximum absolute atomic E-state index is 5.60. The summed E-state index contributed by atoms with van der Waals surface area (Å²) >= 11 is 5.60. The number of hydrogen-bond donors (Lipinski definition) is 1. The zero-order valence-electron chi connectivity index (χ0n) is 9.83. The van der Waals surface area contributed by atoms with Gasteiger partial charge in [-0.05, 0) is 37.1 Å². The first-order valence-corrected chi connectivity index (χ1v) is 5.94. The van der Waals surface area contributed by atoms with E-state index >= 15 is 0 Å². The number of benzene rings is 1. The van der Waals surface area contributed by atoms with Gasteiger partial charge < -0.3 is 9.73 Å². The fraction of sp³-hybridized carbons (Fsp3) is 0.333. The number of anilines is 2. The van der Waals surface area contributed by atoms with Gasteiger partial charge in [0.1, 0.15) is 0 Å². The highest BCUT2D eigenvalue weighted by molar-refractivity contribution is 6.17. The van der Waals surface area contributed by atoms with E-state index in [9.17, 15) is 0 Å². The molecule has 17 heavy (non-hydrogen) atoms. The van der Waals surface area contributed by atoms with E-state index in [1.165, 1.54) is 11.1 Å². The Hall–Kier alpha value is -1.55. The van der Waals surface area contributed by atoms with E-state index in [0.717, 1.165) is 5.69 Å². The normalized spacial score (nSPS) is 10.5. The molecule has 4 nitrogen and oxygen atoms in total. The maximum atomic E-state index is 5.60. The van der Waals surface area contributed by atoms with Gasteiger partial charge in [-0.25, -0.2) is 0 Å². The Bertz CT molecular complexity index is 490. The minimum atomic E-state index is 0.398. The molecule has 0 unspecified atom stereocenters. The molecule has 0 radical (unpaired) electrons. The highest BCUT2D eigenvalue weighted by Crippen LogP contribution is 2.18. The average molecular weight is 252 g/mol. The summed E-state index contributed by atoms with van der Waals surface area (Å²) in [6.45, 7) is 4.09. The molecular weight excluding hydrogens is 238 g/mol. The van der Waals surface area contributed by atoms with E-state index in [2.05, 4.69) is 21.6 Å². The van der Waals surface area contributed by atoms with Gasteiger partial charge in [0.25, 0.3) is 0 Å². The number of halogens is 1. The molecule has 1 aromatic heterocycles. The molecule has 2 rings (SSSR count). The second-order valence-corrected chi connectivity index (χ2v) is 4.32. The smallest absolute Gasteiger partial charge is 0.320 e. The summed E-state index contributed by atoms with van der Waals surface area (Å²) in [6.07, 6.45) is 0.586. The van der Waals surface area contributed by atoms with Crippen LogP contribution in [0.4, 0.5) is 11.7 Å². The lowest BCUT2D eigenvalue weighted by Gasteiger charge is -2.04. The number of alkyl halides is 1. The van der Waals surface area contributed by atoms with E-state index in [1.54, 1.807) is 0 Å². The van der Waals surface area contributed by atoms with Crippen molar-refractivity contribution in [2.75, 3.05) is 11.2 Å². The van der Waals surface area contributed by atoms with Crippen LogP contribution in [0.3, 0.4) is 0 Å². The maximum Gasteiger partial charge on any atom is 0.320 e. The van der Waals surface area contributed by atoms with Crippen LogP contribution in [0.1, 0.15) is 17.0 Å². The van der Waals surface area contributed by atoms with Gasteiger partial charge >= 0.3 is 6.01 Å². The summed E-state index contributed by atoms with van der Waals surface area (Å²) in [4.78, 5) is 0. The third-order valence-corrected chi connectivity index (χ3v) is 2.44. The van der Waals surface area contributed by atoms with Crippen LogP contribution in [-0.4, -0.2) is 16.1 Å². The molecule has 0 saturated carbocycles. The van der Waals surface area contributed by atoms with Crippen LogP contribution < -0.4 is 5.32 Å². The fourth-order valence-electron chi connectivity index (χ4n) is 1.66. The van der Waals surface area contributed by atoms with Crippen molar-refractivity contribution < 1.29 is 4.42 Å². The molecule has 2 aromatic rings. The van der Waals surface area contributed by atoms with E-state index in [1.807, 2.05) is 26.0 Å². The third kappa shape index (κ3) is 3.20. The molecule has 0 spiro atoms. The second-order valence-electron chi connectivity index (χ2n) is 3.94. The first-order valence-electron chi connectivity index (χ1n) is 5.41. The van der Waals surface area contributed by atoms with Crippen molar-refractivity contribution >= 4 is 23.3 Å². The summed E-state index contributed by atoms with van der Waals surface area (Å²) in [7, 11) is 0. The molecule has 0 fully saturated rings. The Kier molecular flexibility index (Phi) is 3.64. The Labute approximate surface area is 105 Å². The number of nitrogens with zero attached hydrogens (tertiary/aromatic N) is 2. The van der Waals surface area contributed by atoms with Crippen molar-refractivity contribution in [2.45, 2.75) is 20.3 Å². The van der Waals surface area contributed by atoms with Crippen molar-refractivity contribution in [1.82, 2.24) is 10.2 Å². The average Bonchev–Trinajstić information content (AvgIpc) is 2.64. The quantitative estimate of drug-likeness (QED) is 0.848. The van der Waals surface area contributed by atoms with Crippen LogP contribution in [0.2, 0.25) is 0 Å². The molecular formula is C12H14ClN3O. The first-order chi connectivity index (χ1) is 8.17. The van der Waals surface area contributed by atoms with Crippen LogP contribution >= 0.6 is 11.6 Å². The minimum absolute atomic E-state index is 0.398. The van der Waals surface area contributed by atoms with E-state index in [4.69, 9.17) is 16.0 Å².